The Labute approximate surface area is 363 Å². The Hall–Kier alpha value is -4.57. The zero-order valence-electron chi connectivity index (χ0n) is 39.1. The first kappa shape index (κ1) is 43.5. The lowest BCUT2D eigenvalue weighted by molar-refractivity contribution is -0.720. The second kappa shape index (κ2) is 17.8. The molecule has 3 aliphatic rings. The molecule has 0 bridgehead atoms. The molecular formula is C56H73N3O+2. The Morgan fingerprint density at radius 1 is 0.817 bits per heavy atom. The van der Waals surface area contributed by atoms with Crippen molar-refractivity contribution in [3.63, 3.8) is 0 Å². The number of aliphatic imine (C=N–C) groups is 1. The van der Waals surface area contributed by atoms with Crippen molar-refractivity contribution in [1.29, 1.82) is 0 Å². The zero-order chi connectivity index (χ0) is 43.2. The van der Waals surface area contributed by atoms with Crippen LogP contribution < -0.4 is 9.13 Å². The molecule has 1 fully saturated rings. The van der Waals surface area contributed by atoms with E-state index in [0.29, 0.717) is 47.8 Å². The first-order valence-electron chi connectivity index (χ1n) is 23.2. The van der Waals surface area contributed by atoms with E-state index in [9.17, 15) is 0 Å². The third kappa shape index (κ3) is 8.63. The summed E-state index contributed by atoms with van der Waals surface area (Å²) in [6, 6.07) is 21.2. The number of benzene rings is 2. The normalized spacial score (nSPS) is 24.0. The number of pyridine rings is 2. The van der Waals surface area contributed by atoms with Crippen molar-refractivity contribution in [3.05, 3.63) is 142 Å². The van der Waals surface area contributed by atoms with Crippen LogP contribution in [0.2, 0.25) is 0 Å². The lowest BCUT2D eigenvalue weighted by Crippen LogP contribution is -2.51. The monoisotopic (exact) mass is 804 g/mol. The second-order valence-electron chi connectivity index (χ2n) is 19.7. The maximum atomic E-state index is 6.87. The Bertz CT molecular complexity index is 2350. The van der Waals surface area contributed by atoms with Gasteiger partial charge in [0, 0.05) is 49.1 Å². The van der Waals surface area contributed by atoms with Crippen molar-refractivity contribution < 1.29 is 13.9 Å². The molecule has 7 rings (SSSR count). The Kier molecular flexibility index (Phi) is 12.9. The van der Waals surface area contributed by atoms with Crippen LogP contribution in [-0.2, 0) is 4.74 Å². The predicted molar refractivity (Wildman–Crippen MR) is 252 cm³/mol. The highest BCUT2D eigenvalue weighted by Crippen LogP contribution is 2.48. The molecule has 2 aromatic heterocycles. The summed E-state index contributed by atoms with van der Waals surface area (Å²) in [6.45, 7) is 38.0. The average molecular weight is 804 g/mol. The fraction of sp³-hybridized carbons (Fsp3) is 0.482. The molecule has 4 heteroatoms. The van der Waals surface area contributed by atoms with Gasteiger partial charge in [-0.1, -0.05) is 97.0 Å². The summed E-state index contributed by atoms with van der Waals surface area (Å²) in [5.74, 6) is 4.42. The third-order valence-electron chi connectivity index (χ3n) is 14.5. The van der Waals surface area contributed by atoms with Gasteiger partial charge in [0.15, 0.2) is 30.0 Å². The van der Waals surface area contributed by atoms with Crippen LogP contribution in [0.4, 0.5) is 0 Å². The molecule has 4 nitrogen and oxygen atoms in total. The molecule has 2 aromatic carbocycles. The van der Waals surface area contributed by atoms with Gasteiger partial charge in [0.25, 0.3) is 0 Å². The number of fused-ring (bicyclic) bond motifs is 7. The first-order chi connectivity index (χ1) is 28.6. The number of nitrogens with zero attached hydrogens (tertiary/aromatic N) is 3. The third-order valence-corrected chi connectivity index (χ3v) is 14.5. The Balaban J connectivity index is 1.39. The summed E-state index contributed by atoms with van der Waals surface area (Å²) < 4.78 is 11.9. The van der Waals surface area contributed by atoms with E-state index in [-0.39, 0.29) is 17.9 Å². The summed E-state index contributed by atoms with van der Waals surface area (Å²) in [6.07, 6.45) is 11.5. The van der Waals surface area contributed by atoms with Gasteiger partial charge in [-0.15, -0.1) is 0 Å². The maximum Gasteiger partial charge on any atom is 0.222 e. The molecule has 4 heterocycles. The van der Waals surface area contributed by atoms with Crippen LogP contribution in [0.15, 0.2) is 96.5 Å². The van der Waals surface area contributed by atoms with Gasteiger partial charge < -0.3 is 4.74 Å². The highest BCUT2D eigenvalue weighted by atomic mass is 16.5. The van der Waals surface area contributed by atoms with Gasteiger partial charge in [-0.2, -0.15) is 9.13 Å². The van der Waals surface area contributed by atoms with E-state index in [1.54, 1.807) is 0 Å². The van der Waals surface area contributed by atoms with E-state index in [2.05, 4.69) is 152 Å². The van der Waals surface area contributed by atoms with E-state index in [0.717, 1.165) is 36.2 Å². The summed E-state index contributed by atoms with van der Waals surface area (Å²) >= 11 is 0. The molecule has 2 aliphatic heterocycles. The van der Waals surface area contributed by atoms with Crippen LogP contribution in [-0.4, -0.2) is 12.4 Å². The van der Waals surface area contributed by atoms with E-state index in [1.165, 1.54) is 80.6 Å². The van der Waals surface area contributed by atoms with Crippen molar-refractivity contribution in [2.45, 2.75) is 151 Å². The van der Waals surface area contributed by atoms with Crippen LogP contribution in [0, 0.1) is 45.4 Å². The van der Waals surface area contributed by atoms with Crippen LogP contribution in [0.1, 0.15) is 174 Å². The molecule has 0 N–H and O–H groups in total. The predicted octanol–water partition coefficient (Wildman–Crippen LogP) is 14.0. The molecule has 1 aliphatic carbocycles. The maximum absolute atomic E-state index is 6.87. The molecule has 0 radical (unpaired) electrons. The topological polar surface area (TPSA) is 29.3 Å². The molecule has 60 heavy (non-hydrogen) atoms. The lowest BCUT2D eigenvalue weighted by atomic mass is 9.73. The minimum Gasteiger partial charge on any atom is -0.443 e. The number of allylic oxidation sites excluding steroid dienone is 3. The quantitative estimate of drug-likeness (QED) is 0.0717. The van der Waals surface area contributed by atoms with Gasteiger partial charge in [0.05, 0.1) is 11.1 Å². The van der Waals surface area contributed by atoms with Gasteiger partial charge in [-0.05, 0) is 135 Å². The standard InChI is InChI=1S/C56H73N3O/c1-15-37(7)48-21-22-52-55(51-26-34(4)19-20-49(51)53-27-38(8)40(10)31-59(52)53)42(12)58-32-41(11)50(47-24-35(5)23-36(6)25-47)29-54(58)56(48)43(13)60-44(14)57-30-39(9)46-18-16-17-45(28-46)33(2)3/h16-20,26-29,31-33,35-37,39,47,52,55H,12-13,15,21-25,30H2,1-11,14H3/q+2/b56-48+,57-44-. The summed E-state index contributed by atoms with van der Waals surface area (Å²) in [4.78, 5) is 5.07. The van der Waals surface area contributed by atoms with Crippen LogP contribution >= 0.6 is 0 Å². The SMILES string of the molecule is C=C(O/C(C)=N\CC(C)c1cccc(C(C)C)c1)/C1=C(\C(C)CC)CCC2C(C(=C)[n+]3cc(C)c(C4CC(C)CC(C)C4)cc31)c1cc(C)ccc1-c1cc(C)c(C)c[n+]12. The van der Waals surface area contributed by atoms with Crippen LogP contribution in [0.5, 0.6) is 0 Å². The van der Waals surface area contributed by atoms with E-state index >= 15 is 0 Å². The van der Waals surface area contributed by atoms with E-state index in [4.69, 9.17) is 22.9 Å². The largest absolute Gasteiger partial charge is 0.443 e. The molecule has 316 valence electrons. The number of rotatable bonds is 9. The van der Waals surface area contributed by atoms with Crippen molar-refractivity contribution in [1.82, 2.24) is 0 Å². The Morgan fingerprint density at radius 3 is 2.23 bits per heavy atom. The minimum absolute atomic E-state index is 0.0777. The van der Waals surface area contributed by atoms with E-state index in [1.807, 2.05) is 6.92 Å². The number of hydrogen-bond acceptors (Lipinski definition) is 2. The molecule has 1 saturated carbocycles. The van der Waals surface area contributed by atoms with Gasteiger partial charge in [-0.25, -0.2) is 0 Å². The molecule has 0 saturated heterocycles. The van der Waals surface area contributed by atoms with Crippen molar-refractivity contribution in [2.24, 2.45) is 22.7 Å². The molecular weight excluding hydrogens is 731 g/mol. The van der Waals surface area contributed by atoms with Gasteiger partial charge >= 0.3 is 0 Å². The Morgan fingerprint density at radius 2 is 1.53 bits per heavy atom. The second-order valence-corrected chi connectivity index (χ2v) is 19.7. The highest BCUT2D eigenvalue weighted by molar-refractivity contribution is 5.83. The molecule has 6 unspecified atom stereocenters. The number of ether oxygens (including phenoxy) is 1. The van der Waals surface area contributed by atoms with E-state index < -0.39 is 0 Å². The number of aromatic nitrogens is 2. The van der Waals surface area contributed by atoms with Crippen molar-refractivity contribution in [2.75, 3.05) is 6.54 Å². The minimum atomic E-state index is 0.0777. The molecule has 4 aromatic rings. The summed E-state index contributed by atoms with van der Waals surface area (Å²) in [5.41, 5.74) is 18.2. The first-order valence-corrected chi connectivity index (χ1v) is 23.2. The highest BCUT2D eigenvalue weighted by Gasteiger charge is 2.47. The van der Waals surface area contributed by atoms with Crippen LogP contribution in [0.25, 0.3) is 22.5 Å². The van der Waals surface area contributed by atoms with Gasteiger partial charge in [0.2, 0.25) is 11.4 Å². The zero-order valence-corrected chi connectivity index (χ0v) is 39.1. The average Bonchev–Trinajstić information content (AvgIpc) is 3.25. The smallest absolute Gasteiger partial charge is 0.222 e. The molecule has 0 amide bonds. The van der Waals surface area contributed by atoms with Crippen molar-refractivity contribution in [3.8, 4) is 11.3 Å². The summed E-state index contributed by atoms with van der Waals surface area (Å²) in [7, 11) is 0. The number of hydrogen-bond donors (Lipinski definition) is 0. The number of aryl methyl sites for hydroxylation is 4. The van der Waals surface area contributed by atoms with Gasteiger partial charge in [0.1, 0.15) is 11.7 Å². The fourth-order valence-corrected chi connectivity index (χ4v) is 10.9. The van der Waals surface area contributed by atoms with Crippen molar-refractivity contribution >= 4 is 17.2 Å². The van der Waals surface area contributed by atoms with Crippen LogP contribution in [0.3, 0.4) is 0 Å². The summed E-state index contributed by atoms with van der Waals surface area (Å²) in [5, 5.41) is 0. The molecule has 0 spiro atoms. The lowest BCUT2D eigenvalue weighted by Gasteiger charge is -2.33. The molecule has 6 atom stereocenters. The fourth-order valence-electron chi connectivity index (χ4n) is 10.9. The van der Waals surface area contributed by atoms with Gasteiger partial charge in [-0.3, -0.25) is 4.99 Å².